The summed E-state index contributed by atoms with van der Waals surface area (Å²) in [5.74, 6) is 0.192. The van der Waals surface area contributed by atoms with E-state index in [2.05, 4.69) is 6.92 Å². The average molecular weight is 564 g/mol. The number of phenolic OH excluding ortho intramolecular Hbond substituents is 1. The number of hydrogen-bond acceptors (Lipinski definition) is 3. The number of rotatable bonds is 5. The van der Waals surface area contributed by atoms with Crippen molar-refractivity contribution in [3.05, 3.63) is 60.2 Å². The van der Waals surface area contributed by atoms with Gasteiger partial charge in [-0.05, 0) is 75.9 Å². The predicted molar refractivity (Wildman–Crippen MR) is 112 cm³/mol. The molecule has 0 aliphatic carbocycles. The molecule has 0 unspecified atom stereocenters. The third kappa shape index (κ3) is 3.69. The first-order valence-electron chi connectivity index (χ1n) is 7.86. The van der Waals surface area contributed by atoms with Crippen LogP contribution < -0.4 is 0 Å². The van der Waals surface area contributed by atoms with Gasteiger partial charge in [0.25, 0.3) is 0 Å². The molecule has 3 aromatic rings. The largest absolute Gasteiger partial charge is 0.506 e. The molecular weight excluding hydrogens is 549 g/mol. The minimum Gasteiger partial charge on any atom is -0.506 e. The predicted octanol–water partition coefficient (Wildman–Crippen LogP) is 6.06. The van der Waals surface area contributed by atoms with Gasteiger partial charge in [-0.25, -0.2) is 4.39 Å². The summed E-state index contributed by atoms with van der Waals surface area (Å²) in [4.78, 5) is 13.2. The molecule has 0 amide bonds. The summed E-state index contributed by atoms with van der Waals surface area (Å²) < 4.78 is 20.5. The molecule has 0 spiro atoms. The lowest BCUT2D eigenvalue weighted by Gasteiger charge is -2.06. The van der Waals surface area contributed by atoms with Gasteiger partial charge in [-0.3, -0.25) is 4.79 Å². The van der Waals surface area contributed by atoms with Crippen LogP contribution >= 0.6 is 45.2 Å². The molecule has 0 bridgehead atoms. The van der Waals surface area contributed by atoms with E-state index >= 15 is 0 Å². The summed E-state index contributed by atoms with van der Waals surface area (Å²) >= 11 is 4.00. The maximum absolute atomic E-state index is 13.5. The number of aromatic hydroxyl groups is 1. The number of benzene rings is 2. The van der Waals surface area contributed by atoms with Gasteiger partial charge in [0.2, 0.25) is 0 Å². The van der Waals surface area contributed by atoms with Gasteiger partial charge in [-0.1, -0.05) is 13.3 Å². The first-order valence-corrected chi connectivity index (χ1v) is 10.0. The summed E-state index contributed by atoms with van der Waals surface area (Å²) in [6.07, 6.45) is 2.47. The van der Waals surface area contributed by atoms with Crippen LogP contribution in [0.1, 0.15) is 41.4 Å². The van der Waals surface area contributed by atoms with Crippen LogP contribution in [-0.2, 0) is 6.42 Å². The molecule has 1 aromatic heterocycles. The summed E-state index contributed by atoms with van der Waals surface area (Å²) in [5, 5.41) is 10.6. The van der Waals surface area contributed by atoms with Gasteiger partial charge in [-0.2, -0.15) is 0 Å². The molecule has 1 N–H and O–H groups in total. The Bertz CT molecular complexity index is 940. The van der Waals surface area contributed by atoms with Crippen molar-refractivity contribution < 1.29 is 18.7 Å². The molecule has 1 heterocycles. The highest BCUT2D eigenvalue weighted by molar-refractivity contribution is 14.1. The first kappa shape index (κ1) is 18.6. The van der Waals surface area contributed by atoms with E-state index in [1.54, 1.807) is 18.2 Å². The Morgan fingerprint density at radius 1 is 1.20 bits per heavy atom. The van der Waals surface area contributed by atoms with E-state index in [-0.39, 0.29) is 11.5 Å². The molecule has 2 aromatic carbocycles. The number of halogens is 3. The number of ketones is 1. The number of carbonyl (C=O) groups excluding carboxylic acids is 1. The fourth-order valence-electron chi connectivity index (χ4n) is 2.72. The molecule has 0 saturated heterocycles. The molecule has 6 heteroatoms. The van der Waals surface area contributed by atoms with Gasteiger partial charge in [-0.15, -0.1) is 0 Å². The van der Waals surface area contributed by atoms with Gasteiger partial charge in [0.1, 0.15) is 22.9 Å². The van der Waals surface area contributed by atoms with Gasteiger partial charge < -0.3 is 9.52 Å². The summed E-state index contributed by atoms with van der Waals surface area (Å²) in [6.45, 7) is 2.06. The van der Waals surface area contributed by atoms with E-state index in [1.165, 1.54) is 12.1 Å². The van der Waals surface area contributed by atoms with Crippen LogP contribution in [0.25, 0.3) is 11.0 Å². The Labute approximate surface area is 171 Å². The van der Waals surface area contributed by atoms with E-state index in [0.717, 1.165) is 12.8 Å². The minimum absolute atomic E-state index is 0.170. The molecule has 0 fully saturated rings. The van der Waals surface area contributed by atoms with Crippen LogP contribution in [-0.4, -0.2) is 10.9 Å². The minimum atomic E-state index is -0.393. The zero-order chi connectivity index (χ0) is 18.1. The van der Waals surface area contributed by atoms with Crippen molar-refractivity contribution in [2.45, 2.75) is 26.2 Å². The molecule has 0 radical (unpaired) electrons. The molecule has 3 nitrogen and oxygen atoms in total. The van der Waals surface area contributed by atoms with Crippen molar-refractivity contribution >= 4 is 61.9 Å². The average Bonchev–Trinajstić information content (AvgIpc) is 2.93. The van der Waals surface area contributed by atoms with Crippen LogP contribution in [0.15, 0.2) is 34.7 Å². The fraction of sp³-hybridized carbons (Fsp3) is 0.211. The first-order chi connectivity index (χ1) is 11.9. The Hall–Kier alpha value is -1.16. The lowest BCUT2D eigenvalue weighted by atomic mass is 9.98. The number of phenols is 1. The number of unbranched alkanes of at least 4 members (excludes halogenated alkanes) is 1. The SMILES string of the molecule is CCCCc1oc2cc(F)ccc2c1C(=O)c1cc(I)c(O)c(I)c1. The highest BCUT2D eigenvalue weighted by atomic mass is 127. The quantitative estimate of drug-likeness (QED) is 0.303. The van der Waals surface area contributed by atoms with Crippen LogP contribution in [0, 0.1) is 13.0 Å². The molecule has 25 heavy (non-hydrogen) atoms. The van der Waals surface area contributed by atoms with E-state index in [1.807, 2.05) is 45.2 Å². The topological polar surface area (TPSA) is 50.4 Å². The second-order valence-corrected chi connectivity index (χ2v) is 8.09. The highest BCUT2D eigenvalue weighted by Gasteiger charge is 2.23. The number of hydrogen-bond donors (Lipinski definition) is 1. The Morgan fingerprint density at radius 3 is 2.52 bits per heavy atom. The van der Waals surface area contributed by atoms with Crippen molar-refractivity contribution in [1.82, 2.24) is 0 Å². The fourth-order valence-corrected chi connectivity index (χ4v) is 4.49. The second-order valence-electron chi connectivity index (χ2n) is 5.76. The van der Waals surface area contributed by atoms with Gasteiger partial charge in [0.05, 0.1) is 12.7 Å². The van der Waals surface area contributed by atoms with Crippen LogP contribution in [0.2, 0.25) is 0 Å². The zero-order valence-corrected chi connectivity index (χ0v) is 17.7. The van der Waals surface area contributed by atoms with Crippen LogP contribution in [0.5, 0.6) is 5.75 Å². The molecule has 3 rings (SSSR count). The molecule has 130 valence electrons. The lowest BCUT2D eigenvalue weighted by molar-refractivity contribution is 0.103. The zero-order valence-electron chi connectivity index (χ0n) is 13.4. The highest BCUT2D eigenvalue weighted by Crippen LogP contribution is 2.33. The smallest absolute Gasteiger partial charge is 0.197 e. The Balaban J connectivity index is 2.17. The van der Waals surface area contributed by atoms with E-state index in [9.17, 15) is 14.3 Å². The molecule has 0 saturated carbocycles. The molecule has 0 atom stereocenters. The van der Waals surface area contributed by atoms with E-state index < -0.39 is 5.82 Å². The summed E-state index contributed by atoms with van der Waals surface area (Å²) in [7, 11) is 0. The number of carbonyl (C=O) groups is 1. The monoisotopic (exact) mass is 564 g/mol. The van der Waals surface area contributed by atoms with Crippen molar-refractivity contribution in [2.24, 2.45) is 0 Å². The van der Waals surface area contributed by atoms with E-state index in [0.29, 0.717) is 41.4 Å². The van der Waals surface area contributed by atoms with Crippen molar-refractivity contribution in [3.8, 4) is 5.75 Å². The van der Waals surface area contributed by atoms with Crippen LogP contribution in [0.4, 0.5) is 4.39 Å². The normalized spacial score (nSPS) is 11.2. The van der Waals surface area contributed by atoms with Gasteiger partial charge in [0.15, 0.2) is 5.78 Å². The summed E-state index contributed by atoms with van der Waals surface area (Å²) in [5.41, 5.74) is 1.36. The van der Waals surface area contributed by atoms with Crippen molar-refractivity contribution in [2.75, 3.05) is 0 Å². The Kier molecular flexibility index (Phi) is 5.67. The van der Waals surface area contributed by atoms with Gasteiger partial charge >= 0.3 is 0 Å². The third-order valence-corrected chi connectivity index (χ3v) is 5.63. The maximum atomic E-state index is 13.5. The number of fused-ring (bicyclic) bond motifs is 1. The number of aryl methyl sites for hydroxylation is 1. The third-order valence-electron chi connectivity index (χ3n) is 3.99. The number of furan rings is 1. The van der Waals surface area contributed by atoms with E-state index in [4.69, 9.17) is 4.42 Å². The lowest BCUT2D eigenvalue weighted by Crippen LogP contribution is -2.05. The molecule has 0 aliphatic heterocycles. The Morgan fingerprint density at radius 2 is 1.88 bits per heavy atom. The molecular formula is C19H15FI2O3. The summed E-state index contributed by atoms with van der Waals surface area (Å²) in [6, 6.07) is 7.56. The van der Waals surface area contributed by atoms with Crippen LogP contribution in [0.3, 0.4) is 0 Å². The van der Waals surface area contributed by atoms with Gasteiger partial charge in [0, 0.05) is 23.4 Å². The second kappa shape index (κ2) is 7.61. The maximum Gasteiger partial charge on any atom is 0.197 e. The molecule has 0 aliphatic rings. The standard InChI is InChI=1S/C19H15FI2O3/c1-2-3-4-15-17(12-6-5-11(20)9-16(12)25-15)18(23)10-7-13(21)19(24)14(22)8-10/h5-9,24H,2-4H2,1H3. The van der Waals surface area contributed by atoms with Crippen molar-refractivity contribution in [3.63, 3.8) is 0 Å². The van der Waals surface area contributed by atoms with Crippen molar-refractivity contribution in [1.29, 1.82) is 0 Å².